The highest BCUT2D eigenvalue weighted by Gasteiger charge is 2.24. The number of fused-ring (bicyclic) bond motifs is 1. The molecule has 1 aliphatic rings. The predicted molar refractivity (Wildman–Crippen MR) is 50.3 cm³/mol. The first-order valence-electron chi connectivity index (χ1n) is 4.57. The van der Waals surface area contributed by atoms with Gasteiger partial charge in [-0.3, -0.25) is 0 Å². The Balaban J connectivity index is 2.18. The van der Waals surface area contributed by atoms with Gasteiger partial charge in [-0.1, -0.05) is 24.3 Å². The molecule has 0 aliphatic carbocycles. The van der Waals surface area contributed by atoms with Gasteiger partial charge in [0.2, 0.25) is 0 Å². The van der Waals surface area contributed by atoms with E-state index in [2.05, 4.69) is 0 Å². The minimum Gasteiger partial charge on any atom is -0.375 e. The van der Waals surface area contributed by atoms with E-state index in [0.29, 0.717) is 13.0 Å². The number of nitrogens with zero attached hydrogens (tertiary/aromatic N) is 1. The summed E-state index contributed by atoms with van der Waals surface area (Å²) in [5, 5.41) is 17.9. The molecule has 0 fully saturated rings. The molecule has 0 radical (unpaired) electrons. The summed E-state index contributed by atoms with van der Waals surface area (Å²) in [6, 6.07) is 9.73. The molecule has 14 heavy (non-hydrogen) atoms. The summed E-state index contributed by atoms with van der Waals surface area (Å²) in [7, 11) is 0. The molecule has 0 unspecified atom stereocenters. The molecule has 0 bridgehead atoms. The largest absolute Gasteiger partial charge is 0.375 e. The summed E-state index contributed by atoms with van der Waals surface area (Å²) in [6.45, 7) is 0.486. The van der Waals surface area contributed by atoms with Gasteiger partial charge in [-0.05, 0) is 11.1 Å². The Morgan fingerprint density at radius 2 is 2.14 bits per heavy atom. The van der Waals surface area contributed by atoms with E-state index in [1.807, 2.05) is 24.3 Å². The van der Waals surface area contributed by atoms with Crippen LogP contribution in [0.2, 0.25) is 0 Å². The van der Waals surface area contributed by atoms with Crippen LogP contribution in [0.15, 0.2) is 24.3 Å². The molecule has 1 aromatic carbocycles. The Morgan fingerprint density at radius 3 is 2.86 bits per heavy atom. The third-order valence-corrected chi connectivity index (χ3v) is 2.48. The smallest absolute Gasteiger partial charge is 0.166 e. The number of rotatable bonds is 1. The van der Waals surface area contributed by atoms with E-state index in [0.717, 1.165) is 11.1 Å². The molecule has 1 aromatic rings. The van der Waals surface area contributed by atoms with Crippen LogP contribution in [0.25, 0.3) is 0 Å². The van der Waals surface area contributed by atoms with Crippen LogP contribution in [0.4, 0.5) is 0 Å². The molecular weight excluding hydrogens is 178 g/mol. The van der Waals surface area contributed by atoms with Gasteiger partial charge in [-0.15, -0.1) is 0 Å². The quantitative estimate of drug-likeness (QED) is 0.671. The van der Waals surface area contributed by atoms with Gasteiger partial charge in [0.1, 0.15) is 6.10 Å². The van der Waals surface area contributed by atoms with Gasteiger partial charge in [0.25, 0.3) is 0 Å². The van der Waals surface area contributed by atoms with Crippen LogP contribution in [0.5, 0.6) is 0 Å². The van der Waals surface area contributed by atoms with Crippen LogP contribution in [0, 0.1) is 11.3 Å². The van der Waals surface area contributed by atoms with Crippen molar-refractivity contribution < 1.29 is 9.84 Å². The van der Waals surface area contributed by atoms with Gasteiger partial charge in [0, 0.05) is 6.42 Å². The highest BCUT2D eigenvalue weighted by Crippen LogP contribution is 2.21. The molecule has 1 aliphatic heterocycles. The maximum Gasteiger partial charge on any atom is 0.166 e. The van der Waals surface area contributed by atoms with E-state index in [-0.39, 0.29) is 6.10 Å². The van der Waals surface area contributed by atoms with Crippen LogP contribution in [0.1, 0.15) is 11.1 Å². The van der Waals surface area contributed by atoms with Gasteiger partial charge in [0.15, 0.2) is 6.10 Å². The maximum absolute atomic E-state index is 9.32. The second-order valence-electron chi connectivity index (χ2n) is 3.40. The molecule has 0 saturated carbocycles. The highest BCUT2D eigenvalue weighted by atomic mass is 16.5. The summed E-state index contributed by atoms with van der Waals surface area (Å²) >= 11 is 0. The number of nitriles is 1. The zero-order valence-corrected chi connectivity index (χ0v) is 7.68. The highest BCUT2D eigenvalue weighted by molar-refractivity contribution is 5.29. The Bertz CT molecular complexity index is 370. The van der Waals surface area contributed by atoms with E-state index >= 15 is 0 Å². The van der Waals surface area contributed by atoms with E-state index < -0.39 is 6.10 Å². The van der Waals surface area contributed by atoms with Gasteiger partial charge in [-0.25, -0.2) is 0 Å². The number of ether oxygens (including phenoxy) is 1. The molecule has 1 heterocycles. The van der Waals surface area contributed by atoms with Crippen LogP contribution in [0.3, 0.4) is 0 Å². The normalized spacial score (nSPS) is 22.1. The SMILES string of the molecule is N#C[C@H](O)[C@H]1Cc2ccccc2CO1. The van der Waals surface area contributed by atoms with Gasteiger partial charge in [0.05, 0.1) is 12.7 Å². The lowest BCUT2D eigenvalue weighted by Crippen LogP contribution is -2.33. The van der Waals surface area contributed by atoms with Crippen molar-refractivity contribution in [3.63, 3.8) is 0 Å². The third kappa shape index (κ3) is 1.63. The summed E-state index contributed by atoms with van der Waals surface area (Å²) < 4.78 is 5.38. The molecule has 0 saturated heterocycles. The fourth-order valence-electron chi connectivity index (χ4n) is 1.66. The second kappa shape index (κ2) is 3.79. The van der Waals surface area contributed by atoms with E-state index in [9.17, 15) is 5.11 Å². The zero-order valence-electron chi connectivity index (χ0n) is 7.68. The third-order valence-electron chi connectivity index (χ3n) is 2.48. The topological polar surface area (TPSA) is 53.2 Å². The Kier molecular flexibility index (Phi) is 2.49. The molecular formula is C11H11NO2. The molecule has 2 atom stereocenters. The van der Waals surface area contributed by atoms with Gasteiger partial charge < -0.3 is 9.84 Å². The number of aliphatic hydroxyl groups excluding tert-OH is 1. The molecule has 0 amide bonds. The lowest BCUT2D eigenvalue weighted by molar-refractivity contribution is -0.0323. The average Bonchev–Trinajstić information content (AvgIpc) is 2.27. The first-order valence-corrected chi connectivity index (χ1v) is 4.57. The number of hydrogen-bond donors (Lipinski definition) is 1. The molecule has 0 aromatic heterocycles. The van der Waals surface area contributed by atoms with Crippen molar-refractivity contribution in [2.75, 3.05) is 0 Å². The fourth-order valence-corrected chi connectivity index (χ4v) is 1.66. The standard InChI is InChI=1S/C11H11NO2/c12-6-10(13)11-5-8-3-1-2-4-9(8)7-14-11/h1-4,10-11,13H,5,7H2/t10-,11+/m0/s1. The van der Waals surface area contributed by atoms with Crippen molar-refractivity contribution in [2.45, 2.75) is 25.2 Å². The Labute approximate surface area is 82.6 Å². The summed E-state index contributed by atoms with van der Waals surface area (Å²) in [6.07, 6.45) is -0.788. The molecule has 3 nitrogen and oxygen atoms in total. The lowest BCUT2D eigenvalue weighted by Gasteiger charge is -2.25. The van der Waals surface area contributed by atoms with E-state index in [1.54, 1.807) is 6.07 Å². The van der Waals surface area contributed by atoms with Crippen LogP contribution >= 0.6 is 0 Å². The van der Waals surface area contributed by atoms with Crippen molar-refractivity contribution in [3.8, 4) is 6.07 Å². The lowest BCUT2D eigenvalue weighted by atomic mass is 9.97. The van der Waals surface area contributed by atoms with Crippen LogP contribution in [-0.2, 0) is 17.8 Å². The minimum atomic E-state index is -1.02. The first-order chi connectivity index (χ1) is 6.81. The summed E-state index contributed by atoms with van der Waals surface area (Å²) in [5.74, 6) is 0. The van der Waals surface area contributed by atoms with Crippen molar-refractivity contribution in [3.05, 3.63) is 35.4 Å². The number of benzene rings is 1. The molecule has 2 rings (SSSR count). The van der Waals surface area contributed by atoms with Crippen molar-refractivity contribution >= 4 is 0 Å². The van der Waals surface area contributed by atoms with E-state index in [1.165, 1.54) is 0 Å². The number of hydrogen-bond acceptors (Lipinski definition) is 3. The second-order valence-corrected chi connectivity index (χ2v) is 3.40. The Hall–Kier alpha value is -1.37. The molecule has 72 valence electrons. The Morgan fingerprint density at radius 1 is 1.43 bits per heavy atom. The predicted octanol–water partition coefficient (Wildman–Crippen LogP) is 1.01. The molecule has 1 N–H and O–H groups in total. The fraction of sp³-hybridized carbons (Fsp3) is 0.364. The molecule has 3 heteroatoms. The molecule has 0 spiro atoms. The monoisotopic (exact) mass is 189 g/mol. The van der Waals surface area contributed by atoms with Crippen LogP contribution in [-0.4, -0.2) is 17.3 Å². The number of aliphatic hydroxyl groups is 1. The van der Waals surface area contributed by atoms with Crippen LogP contribution < -0.4 is 0 Å². The van der Waals surface area contributed by atoms with Gasteiger partial charge >= 0.3 is 0 Å². The minimum absolute atomic E-state index is 0.380. The summed E-state index contributed by atoms with van der Waals surface area (Å²) in [5.41, 5.74) is 2.31. The zero-order chi connectivity index (χ0) is 9.97. The van der Waals surface area contributed by atoms with E-state index in [4.69, 9.17) is 10.00 Å². The summed E-state index contributed by atoms with van der Waals surface area (Å²) in [4.78, 5) is 0. The van der Waals surface area contributed by atoms with Crippen molar-refractivity contribution in [2.24, 2.45) is 0 Å². The average molecular weight is 189 g/mol. The van der Waals surface area contributed by atoms with Crippen molar-refractivity contribution in [1.29, 1.82) is 5.26 Å². The van der Waals surface area contributed by atoms with Crippen molar-refractivity contribution in [1.82, 2.24) is 0 Å². The maximum atomic E-state index is 9.32. The van der Waals surface area contributed by atoms with Gasteiger partial charge in [-0.2, -0.15) is 5.26 Å². The first kappa shape index (κ1) is 9.20.